The van der Waals surface area contributed by atoms with E-state index < -0.39 is 10.0 Å². The summed E-state index contributed by atoms with van der Waals surface area (Å²) in [5.41, 5.74) is 6.99. The highest BCUT2D eigenvalue weighted by molar-refractivity contribution is 7.92. The molecule has 5 nitrogen and oxygen atoms in total. The van der Waals surface area contributed by atoms with Gasteiger partial charge in [0.25, 0.3) is 10.0 Å². The normalized spacial score (nSPS) is 11.3. The third kappa shape index (κ3) is 2.59. The Bertz CT molecular complexity index is 657. The van der Waals surface area contributed by atoms with Crippen LogP contribution in [-0.2, 0) is 16.6 Å². The molecule has 1 aromatic carbocycles. The van der Waals surface area contributed by atoms with Gasteiger partial charge < -0.3 is 5.73 Å². The lowest BCUT2D eigenvalue weighted by atomic mass is 10.2. The largest absolute Gasteiger partial charge is 0.326 e. The Labute approximate surface area is 112 Å². The minimum absolute atomic E-state index is 0.157. The zero-order chi connectivity index (χ0) is 13.9. The molecule has 0 fully saturated rings. The van der Waals surface area contributed by atoms with Crippen LogP contribution in [0.1, 0.15) is 5.56 Å². The van der Waals surface area contributed by atoms with Crippen molar-refractivity contribution >= 4 is 15.7 Å². The quantitative estimate of drug-likeness (QED) is 0.915. The van der Waals surface area contributed by atoms with Crippen LogP contribution in [0.4, 0.5) is 5.69 Å². The van der Waals surface area contributed by atoms with Gasteiger partial charge in [-0.1, -0.05) is 18.2 Å². The van der Waals surface area contributed by atoms with E-state index in [0.717, 1.165) is 5.56 Å². The maximum absolute atomic E-state index is 12.4. The summed E-state index contributed by atoms with van der Waals surface area (Å²) in [4.78, 5) is 4.00. The average Bonchev–Trinajstić information content (AvgIpc) is 2.47. The van der Waals surface area contributed by atoms with Crippen molar-refractivity contribution in [1.82, 2.24) is 4.98 Å². The molecular weight excluding hydrogens is 262 g/mol. The summed E-state index contributed by atoms with van der Waals surface area (Å²) in [6.07, 6.45) is 2.86. The summed E-state index contributed by atoms with van der Waals surface area (Å²) >= 11 is 0. The summed E-state index contributed by atoms with van der Waals surface area (Å²) in [7, 11) is -2.10. The van der Waals surface area contributed by atoms with Gasteiger partial charge in [0.15, 0.2) is 0 Å². The van der Waals surface area contributed by atoms with Crippen molar-refractivity contribution in [2.24, 2.45) is 5.73 Å². The molecule has 100 valence electrons. The lowest BCUT2D eigenvalue weighted by Gasteiger charge is -2.21. The average molecular weight is 277 g/mol. The molecule has 0 aliphatic carbocycles. The molecule has 0 radical (unpaired) electrons. The van der Waals surface area contributed by atoms with Gasteiger partial charge in [-0.2, -0.15) is 0 Å². The second-order valence-corrected chi connectivity index (χ2v) is 5.96. The van der Waals surface area contributed by atoms with Gasteiger partial charge in [-0.05, 0) is 23.8 Å². The standard InChI is InChI=1S/C13H15N3O2S/c1-16(13-7-3-2-5-11(13)9-14)19(17,18)12-6-4-8-15-10-12/h2-8,10H,9,14H2,1H3. The maximum atomic E-state index is 12.4. The van der Waals surface area contributed by atoms with Crippen LogP contribution >= 0.6 is 0 Å². The van der Waals surface area contributed by atoms with Crippen LogP contribution in [0.2, 0.25) is 0 Å². The molecular formula is C13H15N3O2S. The van der Waals surface area contributed by atoms with Crippen molar-refractivity contribution < 1.29 is 8.42 Å². The van der Waals surface area contributed by atoms with Crippen LogP contribution in [-0.4, -0.2) is 20.4 Å². The van der Waals surface area contributed by atoms with Crippen molar-refractivity contribution in [2.75, 3.05) is 11.4 Å². The van der Waals surface area contributed by atoms with Crippen LogP contribution in [0.5, 0.6) is 0 Å². The fraction of sp³-hybridized carbons (Fsp3) is 0.154. The Morgan fingerprint density at radius 1 is 1.21 bits per heavy atom. The number of hydrogen-bond acceptors (Lipinski definition) is 4. The zero-order valence-corrected chi connectivity index (χ0v) is 11.3. The van der Waals surface area contributed by atoms with Crippen molar-refractivity contribution in [1.29, 1.82) is 0 Å². The second kappa shape index (κ2) is 5.38. The van der Waals surface area contributed by atoms with Crippen molar-refractivity contribution in [3.63, 3.8) is 0 Å². The van der Waals surface area contributed by atoms with Gasteiger partial charge in [0.05, 0.1) is 5.69 Å². The van der Waals surface area contributed by atoms with Crippen LogP contribution in [0.15, 0.2) is 53.7 Å². The predicted molar refractivity (Wildman–Crippen MR) is 74.2 cm³/mol. The van der Waals surface area contributed by atoms with Crippen LogP contribution in [0.25, 0.3) is 0 Å². The first-order chi connectivity index (χ1) is 9.07. The van der Waals surface area contributed by atoms with Crippen LogP contribution in [0.3, 0.4) is 0 Å². The molecule has 0 atom stereocenters. The predicted octanol–water partition coefficient (Wildman–Crippen LogP) is 1.37. The van der Waals surface area contributed by atoms with Crippen molar-refractivity contribution in [3.8, 4) is 0 Å². The molecule has 0 aliphatic heterocycles. The fourth-order valence-corrected chi connectivity index (χ4v) is 2.98. The van der Waals surface area contributed by atoms with E-state index in [0.29, 0.717) is 5.69 Å². The molecule has 0 aliphatic rings. The summed E-state index contributed by atoms with van der Waals surface area (Å²) in [5.74, 6) is 0. The van der Waals surface area contributed by atoms with Gasteiger partial charge in [-0.15, -0.1) is 0 Å². The van der Waals surface area contributed by atoms with Gasteiger partial charge >= 0.3 is 0 Å². The Morgan fingerprint density at radius 3 is 2.58 bits per heavy atom. The first-order valence-corrected chi connectivity index (χ1v) is 7.18. The number of sulfonamides is 1. The van der Waals surface area contributed by atoms with E-state index in [-0.39, 0.29) is 11.4 Å². The molecule has 19 heavy (non-hydrogen) atoms. The molecule has 0 amide bonds. The highest BCUT2D eigenvalue weighted by Crippen LogP contribution is 2.24. The lowest BCUT2D eigenvalue weighted by Crippen LogP contribution is -2.27. The van der Waals surface area contributed by atoms with E-state index in [1.807, 2.05) is 12.1 Å². The molecule has 1 aromatic heterocycles. The molecule has 2 rings (SSSR count). The second-order valence-electron chi connectivity index (χ2n) is 3.99. The number of benzene rings is 1. The van der Waals surface area contributed by atoms with Crippen LogP contribution < -0.4 is 10.0 Å². The molecule has 2 aromatic rings. The van der Waals surface area contributed by atoms with Gasteiger partial charge in [0, 0.05) is 26.0 Å². The number of anilines is 1. The minimum Gasteiger partial charge on any atom is -0.326 e. The Balaban J connectivity index is 2.47. The molecule has 0 bridgehead atoms. The summed E-state index contributed by atoms with van der Waals surface area (Å²) in [6.45, 7) is 0.281. The summed E-state index contributed by atoms with van der Waals surface area (Å²) < 4.78 is 26.1. The van der Waals surface area contributed by atoms with Gasteiger partial charge in [0.1, 0.15) is 4.90 Å². The van der Waals surface area contributed by atoms with Gasteiger partial charge in [-0.3, -0.25) is 9.29 Å². The number of pyridine rings is 1. The van der Waals surface area contributed by atoms with Gasteiger partial charge in [-0.25, -0.2) is 8.42 Å². The Hall–Kier alpha value is -1.92. The lowest BCUT2D eigenvalue weighted by molar-refractivity contribution is 0.594. The third-order valence-electron chi connectivity index (χ3n) is 2.84. The SMILES string of the molecule is CN(c1ccccc1CN)S(=O)(=O)c1cccnc1. The van der Waals surface area contributed by atoms with E-state index in [2.05, 4.69) is 4.98 Å². The maximum Gasteiger partial charge on any atom is 0.265 e. The van der Waals surface area contributed by atoms with Crippen molar-refractivity contribution in [3.05, 3.63) is 54.4 Å². The number of nitrogens with zero attached hydrogens (tertiary/aromatic N) is 2. The number of aromatic nitrogens is 1. The minimum atomic E-state index is -3.61. The molecule has 1 heterocycles. The Kier molecular flexibility index (Phi) is 3.82. The van der Waals surface area contributed by atoms with E-state index in [1.165, 1.54) is 29.8 Å². The first kappa shape index (κ1) is 13.5. The summed E-state index contributed by atoms with van der Waals surface area (Å²) in [6, 6.07) is 10.3. The van der Waals surface area contributed by atoms with E-state index in [4.69, 9.17) is 5.73 Å². The number of rotatable bonds is 4. The molecule has 2 N–H and O–H groups in total. The van der Waals surface area contributed by atoms with E-state index >= 15 is 0 Å². The topological polar surface area (TPSA) is 76.3 Å². The monoisotopic (exact) mass is 277 g/mol. The third-order valence-corrected chi connectivity index (χ3v) is 4.60. The fourth-order valence-electron chi connectivity index (χ4n) is 1.78. The molecule has 0 saturated carbocycles. The molecule has 0 unspecified atom stereocenters. The number of hydrogen-bond donors (Lipinski definition) is 1. The molecule has 6 heteroatoms. The van der Waals surface area contributed by atoms with E-state index in [1.54, 1.807) is 18.2 Å². The summed E-state index contributed by atoms with van der Waals surface area (Å²) in [5, 5.41) is 0. The highest BCUT2D eigenvalue weighted by Gasteiger charge is 2.22. The van der Waals surface area contributed by atoms with Crippen LogP contribution in [0, 0.1) is 0 Å². The first-order valence-electron chi connectivity index (χ1n) is 5.74. The zero-order valence-electron chi connectivity index (χ0n) is 10.5. The molecule has 0 spiro atoms. The van der Waals surface area contributed by atoms with Gasteiger partial charge in [0.2, 0.25) is 0 Å². The van der Waals surface area contributed by atoms with Crippen molar-refractivity contribution in [2.45, 2.75) is 11.4 Å². The molecule has 0 saturated heterocycles. The number of nitrogens with two attached hydrogens (primary N) is 1. The highest BCUT2D eigenvalue weighted by atomic mass is 32.2. The smallest absolute Gasteiger partial charge is 0.265 e. The number of para-hydroxylation sites is 1. The van der Waals surface area contributed by atoms with E-state index in [9.17, 15) is 8.42 Å². The Morgan fingerprint density at radius 2 is 1.95 bits per heavy atom.